The molecule has 1 aliphatic rings. The first-order valence-corrected chi connectivity index (χ1v) is 34.2. The summed E-state index contributed by atoms with van der Waals surface area (Å²) in [6, 6.07) is 53.9. The smallest absolute Gasteiger partial charge is 1.00 e. The zero-order valence-corrected chi connectivity index (χ0v) is 63.9. The molecule has 1 saturated heterocycles. The number of nitrogens with one attached hydrogen (secondary N) is 2. The number of hydrogen-bond acceptors (Lipinski definition) is 14. The van der Waals surface area contributed by atoms with Crippen molar-refractivity contribution in [2.24, 2.45) is 0 Å². The number of ether oxygens (including phenoxy) is 8. The quantitative estimate of drug-likeness (QED) is 0.00874. The number of halogens is 5. The van der Waals surface area contributed by atoms with Gasteiger partial charge in [0, 0.05) is 39.2 Å². The molecule has 0 spiro atoms. The van der Waals surface area contributed by atoms with Crippen molar-refractivity contribution in [3.05, 3.63) is 295 Å². The van der Waals surface area contributed by atoms with Crippen LogP contribution >= 0.6 is 0 Å². The van der Waals surface area contributed by atoms with E-state index in [-0.39, 0.29) is 117 Å². The number of carbonyl (C=O) groups is 4. The molecule has 0 bridgehead atoms. The van der Waals surface area contributed by atoms with Crippen LogP contribution in [0.5, 0.6) is 34.5 Å². The summed E-state index contributed by atoms with van der Waals surface area (Å²) in [5, 5.41) is 24.6. The third-order valence-corrected chi connectivity index (χ3v) is 15.5. The molecule has 0 aliphatic carbocycles. The van der Waals surface area contributed by atoms with Gasteiger partial charge in [-0.2, -0.15) is 14.0 Å². The first kappa shape index (κ1) is 88.6. The van der Waals surface area contributed by atoms with Gasteiger partial charge in [-0.3, -0.25) is 9.59 Å². The summed E-state index contributed by atoms with van der Waals surface area (Å²) >= 11 is 0. The van der Waals surface area contributed by atoms with Crippen molar-refractivity contribution in [2.45, 2.75) is 131 Å². The molecule has 3 N–H and O–H groups in total. The predicted octanol–water partition coefficient (Wildman–Crippen LogP) is 14.0. The van der Waals surface area contributed by atoms with Gasteiger partial charge in [-0.15, -0.1) is 0 Å². The van der Waals surface area contributed by atoms with E-state index in [9.17, 15) is 46.2 Å². The van der Waals surface area contributed by atoms with E-state index in [1.807, 2.05) is 169 Å². The maximum atomic E-state index is 13.6. The number of carbonyl (C=O) groups excluding carboxylic acids is 4. The minimum Gasteiger partial charge on any atom is -1.00 e. The standard InChI is InChI=1S/C35H34N2O5.C28H30N2O4.C17H10F5NO3.C4H8O.B.Na.H/c1-24(2)42-33-18-16-29(21-30(33)36-4)34(38)37-31(35(39)41-23-27-13-9-6-10-14-27)20-28-15-17-32(25(3)19-28)40-22-26-11-7-5-8-12-26;1-19(2)34-27-13-11-23(16-25(27)29-4)28(32)30-24(17-31)15-22-10-12-26(20(3)14-22)33-18-21-8-6-5-7-9-21;1-7(2)25-10-4-3-8(5-9(10)6-23)17(24)26-16-14(21)12(19)11(18)13(20)15(16)22;1-2-4-5-3-1;;;/h5-19,21,24,31H,20,22-23H2,1-3H3,(H,37,38);5-14,16,19,24,31H,15,17-18H2,1-3H3,(H,30,32);3-5,7H,1-2H3;1-4H2;;;/q;;;;;+1;-1. The molecule has 25 heteroatoms. The molecule has 1 fully saturated rings. The molecule has 1 aliphatic heterocycles. The van der Waals surface area contributed by atoms with Gasteiger partial charge in [0.05, 0.1) is 55.2 Å². The largest absolute Gasteiger partial charge is 1.00 e. The third-order valence-electron chi connectivity index (χ3n) is 15.5. The second-order valence-corrected chi connectivity index (χ2v) is 25.1. The molecule has 2 unspecified atom stereocenters. The number of nitriles is 1. The summed E-state index contributed by atoms with van der Waals surface area (Å²) in [5.41, 5.74) is 7.39. The molecule has 2 amide bonds. The van der Waals surface area contributed by atoms with Crippen LogP contribution in [0.2, 0.25) is 0 Å². The van der Waals surface area contributed by atoms with Gasteiger partial charge >= 0.3 is 41.5 Å². The van der Waals surface area contributed by atoms with E-state index in [1.54, 1.807) is 44.2 Å². The maximum Gasteiger partial charge on any atom is 1.00 e. The summed E-state index contributed by atoms with van der Waals surface area (Å²) in [7, 11) is 0. The zero-order chi connectivity index (χ0) is 77.5. The number of hydrogen-bond donors (Lipinski definition) is 3. The van der Waals surface area contributed by atoms with Gasteiger partial charge in [-0.25, -0.2) is 32.5 Å². The van der Waals surface area contributed by atoms with Gasteiger partial charge < -0.3 is 55.1 Å². The van der Waals surface area contributed by atoms with E-state index in [0.717, 1.165) is 75.8 Å². The van der Waals surface area contributed by atoms with Crippen LogP contribution in [0.4, 0.5) is 33.3 Å². The predicted molar refractivity (Wildman–Crippen MR) is 399 cm³/mol. The third kappa shape index (κ3) is 27.6. The van der Waals surface area contributed by atoms with Gasteiger partial charge in [-0.1, -0.05) is 115 Å². The van der Waals surface area contributed by atoms with Crippen LogP contribution in [0.3, 0.4) is 0 Å². The van der Waals surface area contributed by atoms with Crippen molar-refractivity contribution >= 4 is 43.5 Å². The summed E-state index contributed by atoms with van der Waals surface area (Å²) in [6.07, 6.45) is 2.77. The molecule has 0 saturated carbocycles. The Morgan fingerprint density at radius 1 is 0.523 bits per heavy atom. The van der Waals surface area contributed by atoms with Crippen molar-refractivity contribution in [1.82, 2.24) is 10.6 Å². The van der Waals surface area contributed by atoms with E-state index in [0.29, 0.717) is 36.7 Å². The number of aryl methyl sites for hydroxylation is 2. The molecule has 109 heavy (non-hydrogen) atoms. The number of esters is 2. The van der Waals surface area contributed by atoms with Crippen molar-refractivity contribution < 1.29 is 115 Å². The van der Waals surface area contributed by atoms with Crippen LogP contribution in [-0.4, -0.2) is 87.5 Å². The van der Waals surface area contributed by atoms with Crippen LogP contribution < -0.4 is 68.6 Å². The summed E-state index contributed by atoms with van der Waals surface area (Å²) in [4.78, 5) is 58.3. The van der Waals surface area contributed by atoms with E-state index in [1.165, 1.54) is 31.0 Å². The summed E-state index contributed by atoms with van der Waals surface area (Å²) < 4.78 is 110. The molecule has 9 aromatic rings. The Hall–Kier alpha value is -11.0. The average molecular weight is 1500 g/mol. The fourth-order valence-electron chi connectivity index (χ4n) is 10.3. The molecule has 561 valence electrons. The Bertz CT molecular complexity index is 4610. The Morgan fingerprint density at radius 3 is 1.34 bits per heavy atom. The number of rotatable bonds is 26. The number of benzene rings is 9. The molecule has 10 rings (SSSR count). The molecule has 3 radical (unpaired) electrons. The molecule has 0 aromatic heterocycles. The van der Waals surface area contributed by atoms with Gasteiger partial charge in [0.2, 0.25) is 52.1 Å². The van der Waals surface area contributed by atoms with Crippen LogP contribution in [0, 0.1) is 67.4 Å². The van der Waals surface area contributed by atoms with E-state index < -0.39 is 64.8 Å². The monoisotopic (exact) mass is 1500 g/mol. The molecule has 18 nitrogen and oxygen atoms in total. The van der Waals surface area contributed by atoms with Gasteiger partial charge in [0.15, 0.2) is 0 Å². The zero-order valence-electron chi connectivity index (χ0n) is 62.9. The van der Waals surface area contributed by atoms with Crippen LogP contribution in [0.1, 0.15) is 131 Å². The normalized spacial score (nSPS) is 11.6. The molecule has 1 heterocycles. The van der Waals surface area contributed by atoms with Crippen LogP contribution in [-0.2, 0) is 46.9 Å². The fourth-order valence-corrected chi connectivity index (χ4v) is 10.3. The second kappa shape index (κ2) is 44.9. The summed E-state index contributed by atoms with van der Waals surface area (Å²) in [6.45, 7) is 32.5. The number of nitrogens with zero attached hydrogens (tertiary/aromatic N) is 3. The van der Waals surface area contributed by atoms with E-state index in [2.05, 4.69) is 25.1 Å². The van der Waals surface area contributed by atoms with Crippen molar-refractivity contribution in [3.63, 3.8) is 0 Å². The average Bonchev–Trinajstić information content (AvgIpc) is 0.818. The summed E-state index contributed by atoms with van der Waals surface area (Å²) in [5.74, 6) is -13.4. The van der Waals surface area contributed by atoms with Crippen molar-refractivity contribution in [1.29, 1.82) is 5.26 Å². The molecule has 9 aromatic carbocycles. The molecular weight excluding hydrogens is 1420 g/mol. The minimum atomic E-state index is -2.37. The SMILES string of the molecule is C1CCOC1.CC(C)Oc1ccc(C(=O)Oc2c(F)c(F)c(F)c(F)c2F)cc1C#N.[B].[C-]#[N+]c1cc(C(=O)NC(CO)Cc2ccc(OCc3ccccc3)c(C)c2)ccc1OC(C)C.[C-]#[N+]c1cc(C(=O)NC(Cc2ccc(OCc3ccccc3)c(C)c2)C(=O)OCc2ccccc2)ccc1OC(C)C.[H-].[Na+]. The minimum absolute atomic E-state index is 0. The van der Waals surface area contributed by atoms with E-state index >= 15 is 0 Å². The topological polar surface area (TPSA) is 219 Å². The maximum absolute atomic E-state index is 13.6. The first-order chi connectivity index (χ1) is 51.4. The Labute approximate surface area is 657 Å². The van der Waals surface area contributed by atoms with Gasteiger partial charge in [0.25, 0.3) is 5.91 Å². The number of aliphatic hydroxyl groups excluding tert-OH is 1. The van der Waals surface area contributed by atoms with Crippen LogP contribution in [0.15, 0.2) is 182 Å². The number of aliphatic hydroxyl groups is 1. The van der Waals surface area contributed by atoms with Gasteiger partial charge in [0.1, 0.15) is 60.7 Å². The Kier molecular flexibility index (Phi) is 36.5. The van der Waals surface area contributed by atoms with Crippen molar-refractivity contribution in [3.8, 4) is 40.6 Å². The molecule has 2 atom stereocenters. The fraction of sp³-hybridized carbons (Fsp3) is 0.274. The van der Waals surface area contributed by atoms with E-state index in [4.69, 9.17) is 51.6 Å². The second-order valence-electron chi connectivity index (χ2n) is 25.1. The Morgan fingerprint density at radius 2 is 0.927 bits per heavy atom. The number of amides is 2. The Balaban J connectivity index is 0.000000340. The van der Waals surface area contributed by atoms with Crippen molar-refractivity contribution in [2.75, 3.05) is 19.8 Å². The van der Waals surface area contributed by atoms with Crippen LogP contribution in [0.25, 0.3) is 9.69 Å². The van der Waals surface area contributed by atoms with Gasteiger partial charge in [-0.05, 0) is 180 Å². The molecular formula is C84H83BF5N5NaO13. The first-order valence-electron chi connectivity index (χ1n) is 34.2.